The molecule has 1 saturated heterocycles. The second-order valence-electron chi connectivity index (χ2n) is 4.81. The van der Waals surface area contributed by atoms with E-state index in [1.54, 1.807) is 12.1 Å². The van der Waals surface area contributed by atoms with Gasteiger partial charge in [0, 0.05) is 17.0 Å². The lowest BCUT2D eigenvalue weighted by Gasteiger charge is -2.27. The fraction of sp³-hybridized carbons (Fsp3) is 0.462. The van der Waals surface area contributed by atoms with Crippen LogP contribution >= 0.6 is 34.8 Å². The molecule has 2 rings (SSSR count). The van der Waals surface area contributed by atoms with Crippen LogP contribution in [0.3, 0.4) is 0 Å². The van der Waals surface area contributed by atoms with Crippen LogP contribution in [0, 0.1) is 5.92 Å². The zero-order chi connectivity index (χ0) is 14.0. The number of hydrogen-bond donors (Lipinski definition) is 2. The van der Waals surface area contributed by atoms with Crippen molar-refractivity contribution in [3.05, 3.63) is 27.2 Å². The van der Waals surface area contributed by atoms with Crippen LogP contribution in [0.15, 0.2) is 12.1 Å². The number of rotatable bonds is 2. The summed E-state index contributed by atoms with van der Waals surface area (Å²) in [5.41, 5.74) is 0.434. The third-order valence-electron chi connectivity index (χ3n) is 3.25. The Labute approximate surface area is 127 Å². The number of anilines is 1. The Kier molecular flexibility index (Phi) is 4.96. The van der Waals surface area contributed by atoms with Crippen molar-refractivity contribution in [2.24, 2.45) is 5.92 Å². The van der Waals surface area contributed by atoms with E-state index in [1.165, 1.54) is 0 Å². The third kappa shape index (κ3) is 3.76. The van der Waals surface area contributed by atoms with Gasteiger partial charge >= 0.3 is 0 Å². The van der Waals surface area contributed by atoms with Crippen molar-refractivity contribution < 1.29 is 4.79 Å². The zero-order valence-electron chi connectivity index (χ0n) is 10.5. The van der Waals surface area contributed by atoms with E-state index in [2.05, 4.69) is 17.6 Å². The minimum absolute atomic E-state index is 0.0148. The summed E-state index contributed by atoms with van der Waals surface area (Å²) in [5, 5.41) is 7.27. The summed E-state index contributed by atoms with van der Waals surface area (Å²) in [5.74, 6) is -0.0569. The molecule has 6 heteroatoms. The van der Waals surface area contributed by atoms with E-state index in [-0.39, 0.29) is 11.8 Å². The molecule has 1 aromatic rings. The van der Waals surface area contributed by atoms with Crippen molar-refractivity contribution >= 4 is 46.4 Å². The second kappa shape index (κ2) is 6.31. The van der Waals surface area contributed by atoms with Gasteiger partial charge in [-0.1, -0.05) is 34.8 Å². The Bertz CT molecular complexity index is 470. The first-order chi connectivity index (χ1) is 8.97. The molecule has 0 saturated carbocycles. The van der Waals surface area contributed by atoms with Gasteiger partial charge in [-0.05, 0) is 38.4 Å². The molecule has 0 radical (unpaired) electrons. The van der Waals surface area contributed by atoms with Gasteiger partial charge in [0.25, 0.3) is 0 Å². The zero-order valence-corrected chi connectivity index (χ0v) is 12.7. The number of carbonyl (C=O) groups is 1. The van der Waals surface area contributed by atoms with Crippen LogP contribution < -0.4 is 10.6 Å². The average Bonchev–Trinajstić information content (AvgIpc) is 2.33. The van der Waals surface area contributed by atoms with E-state index < -0.39 is 0 Å². The van der Waals surface area contributed by atoms with Gasteiger partial charge in [-0.25, -0.2) is 0 Å². The van der Waals surface area contributed by atoms with Crippen LogP contribution in [0.2, 0.25) is 15.1 Å². The Hall–Kier alpha value is -0.480. The van der Waals surface area contributed by atoms with E-state index >= 15 is 0 Å². The van der Waals surface area contributed by atoms with Crippen LogP contribution in [0.4, 0.5) is 5.69 Å². The van der Waals surface area contributed by atoms with Gasteiger partial charge in [0.1, 0.15) is 0 Å². The molecular formula is C13H15Cl3N2O. The first kappa shape index (κ1) is 14.9. The maximum absolute atomic E-state index is 12.2. The molecule has 2 unspecified atom stereocenters. The largest absolute Gasteiger partial charge is 0.323 e. The lowest BCUT2D eigenvalue weighted by atomic mass is 9.92. The molecule has 3 nitrogen and oxygen atoms in total. The van der Waals surface area contributed by atoms with Gasteiger partial charge in [0.2, 0.25) is 5.91 Å². The van der Waals surface area contributed by atoms with Gasteiger partial charge in [0.15, 0.2) is 0 Å². The molecule has 2 N–H and O–H groups in total. The quantitative estimate of drug-likeness (QED) is 0.865. The lowest BCUT2D eigenvalue weighted by molar-refractivity contribution is -0.120. The summed E-state index contributed by atoms with van der Waals surface area (Å²) in [6.45, 7) is 2.92. The van der Waals surface area contributed by atoms with Crippen molar-refractivity contribution in [2.75, 3.05) is 11.9 Å². The summed E-state index contributed by atoms with van der Waals surface area (Å²) in [7, 11) is 0. The molecule has 0 aliphatic carbocycles. The fourth-order valence-corrected chi connectivity index (χ4v) is 3.17. The van der Waals surface area contributed by atoms with E-state index in [4.69, 9.17) is 34.8 Å². The Balaban J connectivity index is 2.10. The van der Waals surface area contributed by atoms with E-state index in [0.717, 1.165) is 19.4 Å². The Morgan fingerprint density at radius 1 is 1.32 bits per heavy atom. The minimum atomic E-state index is -0.0422. The number of hydrogen-bond acceptors (Lipinski definition) is 2. The maximum Gasteiger partial charge on any atom is 0.227 e. The van der Waals surface area contributed by atoms with Crippen LogP contribution in [-0.4, -0.2) is 18.5 Å². The highest BCUT2D eigenvalue weighted by Gasteiger charge is 2.25. The number of halogens is 3. The number of nitrogens with one attached hydrogen (secondary N) is 2. The molecule has 0 spiro atoms. The van der Waals surface area contributed by atoms with Gasteiger partial charge < -0.3 is 10.6 Å². The molecule has 1 fully saturated rings. The summed E-state index contributed by atoms with van der Waals surface area (Å²) >= 11 is 17.9. The minimum Gasteiger partial charge on any atom is -0.323 e. The van der Waals surface area contributed by atoms with Gasteiger partial charge in [-0.3, -0.25) is 4.79 Å². The molecule has 1 heterocycles. The number of amides is 1. The van der Waals surface area contributed by atoms with Crippen molar-refractivity contribution in [1.82, 2.24) is 5.32 Å². The molecule has 1 amide bonds. The highest BCUT2D eigenvalue weighted by molar-refractivity contribution is 6.42. The Morgan fingerprint density at radius 3 is 2.53 bits per heavy atom. The molecule has 0 aromatic heterocycles. The highest BCUT2D eigenvalue weighted by atomic mass is 35.5. The van der Waals surface area contributed by atoms with E-state index in [1.807, 2.05) is 0 Å². The van der Waals surface area contributed by atoms with E-state index in [9.17, 15) is 4.79 Å². The first-order valence-corrected chi connectivity index (χ1v) is 7.29. The van der Waals surface area contributed by atoms with Crippen molar-refractivity contribution in [2.45, 2.75) is 25.8 Å². The molecule has 104 valence electrons. The monoisotopic (exact) mass is 320 g/mol. The lowest BCUT2D eigenvalue weighted by Crippen LogP contribution is -2.40. The standard InChI is InChI=1S/C13H15Cl3N2O/c1-7-4-8(2-3-17-7)13(19)18-12-10(15)5-9(14)6-11(12)16/h5-8,17H,2-4H2,1H3,(H,18,19). The molecule has 0 bridgehead atoms. The molecule has 1 aliphatic heterocycles. The molecule has 2 atom stereocenters. The second-order valence-corrected chi connectivity index (χ2v) is 6.06. The SMILES string of the molecule is CC1CC(C(=O)Nc2c(Cl)cc(Cl)cc2Cl)CCN1. The normalized spacial score (nSPS) is 23.2. The summed E-state index contributed by atoms with van der Waals surface area (Å²) in [6.07, 6.45) is 1.63. The number of piperidine rings is 1. The maximum atomic E-state index is 12.2. The van der Waals surface area contributed by atoms with Gasteiger partial charge in [-0.2, -0.15) is 0 Å². The summed E-state index contributed by atoms with van der Waals surface area (Å²) in [4.78, 5) is 12.2. The predicted molar refractivity (Wildman–Crippen MR) is 80.3 cm³/mol. The van der Waals surface area contributed by atoms with Crippen LogP contribution in [0.25, 0.3) is 0 Å². The van der Waals surface area contributed by atoms with Gasteiger partial charge in [-0.15, -0.1) is 0 Å². The summed E-state index contributed by atoms with van der Waals surface area (Å²) < 4.78 is 0. The topological polar surface area (TPSA) is 41.1 Å². The van der Waals surface area contributed by atoms with Crippen molar-refractivity contribution in [3.8, 4) is 0 Å². The third-order valence-corrected chi connectivity index (χ3v) is 4.06. The average molecular weight is 322 g/mol. The number of benzene rings is 1. The van der Waals surface area contributed by atoms with Crippen LogP contribution in [-0.2, 0) is 4.79 Å². The molecule has 1 aromatic carbocycles. The Morgan fingerprint density at radius 2 is 1.95 bits per heavy atom. The molecular weight excluding hydrogens is 307 g/mol. The number of carbonyl (C=O) groups excluding carboxylic acids is 1. The predicted octanol–water partition coefficient (Wildman–Crippen LogP) is 3.97. The first-order valence-electron chi connectivity index (χ1n) is 6.16. The van der Waals surface area contributed by atoms with Crippen molar-refractivity contribution in [1.29, 1.82) is 0 Å². The smallest absolute Gasteiger partial charge is 0.227 e. The summed E-state index contributed by atoms with van der Waals surface area (Å²) in [6, 6.07) is 3.48. The van der Waals surface area contributed by atoms with Crippen molar-refractivity contribution in [3.63, 3.8) is 0 Å². The molecule has 1 aliphatic rings. The van der Waals surface area contributed by atoms with Gasteiger partial charge in [0.05, 0.1) is 15.7 Å². The van der Waals surface area contributed by atoms with E-state index in [0.29, 0.717) is 26.8 Å². The fourth-order valence-electron chi connectivity index (χ4n) is 2.26. The molecule has 19 heavy (non-hydrogen) atoms. The van der Waals surface area contributed by atoms with Crippen LogP contribution in [0.1, 0.15) is 19.8 Å². The highest BCUT2D eigenvalue weighted by Crippen LogP contribution is 2.34. The van der Waals surface area contributed by atoms with Crippen LogP contribution in [0.5, 0.6) is 0 Å².